The molecule has 8 heteroatoms. The first-order chi connectivity index (χ1) is 11.2. The summed E-state index contributed by atoms with van der Waals surface area (Å²) >= 11 is 11.9. The van der Waals surface area contributed by atoms with E-state index in [1.54, 1.807) is 45.0 Å². The second kappa shape index (κ2) is 7.35. The molecule has 0 aliphatic heterocycles. The van der Waals surface area contributed by atoms with Gasteiger partial charge in [-0.3, -0.25) is 9.36 Å². The summed E-state index contributed by atoms with van der Waals surface area (Å²) < 4.78 is 27.4. The summed E-state index contributed by atoms with van der Waals surface area (Å²) in [5.41, 5.74) is -0.0963. The van der Waals surface area contributed by atoms with Gasteiger partial charge in [-0.2, -0.15) is 0 Å². The third-order valence-corrected chi connectivity index (χ3v) is 7.16. The minimum Gasteiger partial charge on any atom is -0.460 e. The van der Waals surface area contributed by atoms with Crippen LogP contribution in [0.4, 0.5) is 0 Å². The number of benzene rings is 1. The molecular formula is C16H21Cl2O5P. The Morgan fingerprint density at radius 3 is 2.08 bits per heavy atom. The zero-order valence-corrected chi connectivity index (χ0v) is 16.3. The quantitative estimate of drug-likeness (QED) is 0.375. The SMILES string of the molecule is CCOP(=O)(OCC)c1ccc(COC(=O)C2(C)CC2(Cl)Cl)cc1. The molecule has 2 rings (SSSR count). The molecule has 1 aromatic carbocycles. The number of alkyl halides is 2. The van der Waals surface area contributed by atoms with Gasteiger partial charge < -0.3 is 13.8 Å². The van der Waals surface area contributed by atoms with Crippen molar-refractivity contribution in [1.82, 2.24) is 0 Å². The number of rotatable bonds is 8. The van der Waals surface area contributed by atoms with Crippen molar-refractivity contribution in [2.75, 3.05) is 13.2 Å². The Balaban J connectivity index is 2.00. The third kappa shape index (κ3) is 3.97. The molecule has 0 amide bonds. The summed E-state index contributed by atoms with van der Waals surface area (Å²) in [6.45, 7) is 5.85. The minimum absolute atomic E-state index is 0.0894. The first-order valence-electron chi connectivity index (χ1n) is 7.72. The van der Waals surface area contributed by atoms with E-state index in [0.29, 0.717) is 11.7 Å². The standard InChI is InChI=1S/C16H21Cl2O5P/c1-4-22-24(20,23-5-2)13-8-6-12(7-9-13)10-21-14(19)15(3)11-16(15,17)18/h6-9H,4-5,10-11H2,1-3H3. The van der Waals surface area contributed by atoms with Crippen molar-refractivity contribution in [2.24, 2.45) is 5.41 Å². The van der Waals surface area contributed by atoms with Crippen LogP contribution in [0.15, 0.2) is 24.3 Å². The van der Waals surface area contributed by atoms with Gasteiger partial charge in [0.25, 0.3) is 0 Å². The Bertz CT molecular complexity index is 636. The van der Waals surface area contributed by atoms with Crippen molar-refractivity contribution in [3.63, 3.8) is 0 Å². The van der Waals surface area contributed by atoms with Crippen molar-refractivity contribution in [3.8, 4) is 0 Å². The fourth-order valence-corrected chi connectivity index (χ4v) is 4.49. The fourth-order valence-electron chi connectivity index (χ4n) is 2.23. The van der Waals surface area contributed by atoms with Gasteiger partial charge in [-0.25, -0.2) is 0 Å². The predicted molar refractivity (Wildman–Crippen MR) is 93.9 cm³/mol. The Kier molecular flexibility index (Phi) is 6.04. The highest BCUT2D eigenvalue weighted by atomic mass is 35.5. The fraction of sp³-hybridized carbons (Fsp3) is 0.562. The normalized spacial score (nSPS) is 22.2. The zero-order valence-electron chi connectivity index (χ0n) is 13.9. The number of carbonyl (C=O) groups is 1. The molecule has 1 saturated carbocycles. The van der Waals surface area contributed by atoms with Gasteiger partial charge in [0, 0.05) is 6.42 Å². The molecule has 24 heavy (non-hydrogen) atoms. The van der Waals surface area contributed by atoms with Crippen LogP contribution in [0.25, 0.3) is 0 Å². The molecule has 0 aromatic heterocycles. The molecule has 5 nitrogen and oxygen atoms in total. The molecule has 0 spiro atoms. The maximum Gasteiger partial charge on any atom is 0.361 e. The molecule has 1 unspecified atom stereocenters. The van der Waals surface area contributed by atoms with Crippen molar-refractivity contribution < 1.29 is 23.1 Å². The maximum absolute atomic E-state index is 12.6. The highest BCUT2D eigenvalue weighted by Gasteiger charge is 2.69. The number of hydrogen-bond donors (Lipinski definition) is 0. The summed E-state index contributed by atoms with van der Waals surface area (Å²) in [5, 5.41) is 0.468. The monoisotopic (exact) mass is 394 g/mol. The molecule has 1 fully saturated rings. The van der Waals surface area contributed by atoms with Crippen LogP contribution in [0.3, 0.4) is 0 Å². The van der Waals surface area contributed by atoms with E-state index in [9.17, 15) is 9.36 Å². The van der Waals surface area contributed by atoms with Gasteiger partial charge in [0.15, 0.2) is 0 Å². The lowest BCUT2D eigenvalue weighted by atomic mass is 10.1. The van der Waals surface area contributed by atoms with Gasteiger partial charge in [0.1, 0.15) is 16.4 Å². The van der Waals surface area contributed by atoms with Crippen LogP contribution in [-0.2, 0) is 29.8 Å². The van der Waals surface area contributed by atoms with Crippen LogP contribution in [0.2, 0.25) is 0 Å². The molecule has 1 aliphatic rings. The van der Waals surface area contributed by atoms with Crippen LogP contribution in [-0.4, -0.2) is 23.5 Å². The lowest BCUT2D eigenvalue weighted by Crippen LogP contribution is -2.21. The number of halogens is 2. The lowest BCUT2D eigenvalue weighted by Gasteiger charge is -2.17. The highest BCUT2D eigenvalue weighted by molar-refractivity contribution is 7.62. The summed E-state index contributed by atoms with van der Waals surface area (Å²) in [7, 11) is -3.31. The van der Waals surface area contributed by atoms with Crippen LogP contribution in [0.5, 0.6) is 0 Å². The van der Waals surface area contributed by atoms with E-state index in [0.717, 1.165) is 5.56 Å². The number of esters is 1. The Morgan fingerprint density at radius 1 is 1.17 bits per heavy atom. The molecule has 0 saturated heterocycles. The van der Waals surface area contributed by atoms with Crippen molar-refractivity contribution in [1.29, 1.82) is 0 Å². The number of hydrogen-bond acceptors (Lipinski definition) is 5. The van der Waals surface area contributed by atoms with Gasteiger partial charge in [0.05, 0.1) is 18.5 Å². The number of carbonyl (C=O) groups excluding carboxylic acids is 1. The second-order valence-corrected chi connectivity index (χ2v) is 9.30. The Hall–Kier alpha value is -0.580. The van der Waals surface area contributed by atoms with Gasteiger partial charge in [-0.05, 0) is 38.5 Å². The zero-order chi connectivity index (χ0) is 18.0. The van der Waals surface area contributed by atoms with Crippen molar-refractivity contribution in [3.05, 3.63) is 29.8 Å². The molecule has 0 heterocycles. The summed E-state index contributed by atoms with van der Waals surface area (Å²) in [4.78, 5) is 12.0. The van der Waals surface area contributed by atoms with Crippen LogP contribution in [0, 0.1) is 5.41 Å². The molecule has 1 atom stereocenters. The molecule has 0 N–H and O–H groups in total. The third-order valence-electron chi connectivity index (χ3n) is 3.93. The van der Waals surface area contributed by atoms with Gasteiger partial charge in [0.2, 0.25) is 0 Å². The van der Waals surface area contributed by atoms with Crippen molar-refractivity contribution >= 4 is 42.1 Å². The topological polar surface area (TPSA) is 61.8 Å². The average Bonchev–Trinajstić information content (AvgIpc) is 3.05. The molecule has 1 aromatic rings. The van der Waals surface area contributed by atoms with Crippen LogP contribution < -0.4 is 5.30 Å². The Morgan fingerprint density at radius 2 is 1.67 bits per heavy atom. The average molecular weight is 395 g/mol. The first kappa shape index (κ1) is 19.7. The van der Waals surface area contributed by atoms with Gasteiger partial charge in [-0.1, -0.05) is 12.1 Å². The highest BCUT2D eigenvalue weighted by Crippen LogP contribution is 2.64. The van der Waals surface area contributed by atoms with E-state index in [1.807, 2.05) is 0 Å². The van der Waals surface area contributed by atoms with Gasteiger partial charge >= 0.3 is 13.6 Å². The largest absolute Gasteiger partial charge is 0.460 e. The van der Waals surface area contributed by atoms with Crippen LogP contribution in [0.1, 0.15) is 32.8 Å². The van der Waals surface area contributed by atoms with Gasteiger partial charge in [-0.15, -0.1) is 23.2 Å². The Labute approximate surface area is 152 Å². The van der Waals surface area contributed by atoms with E-state index < -0.39 is 23.3 Å². The van der Waals surface area contributed by atoms with Crippen LogP contribution >= 0.6 is 30.8 Å². The molecule has 134 valence electrons. The van der Waals surface area contributed by atoms with Crippen molar-refractivity contribution in [2.45, 2.75) is 38.1 Å². The van der Waals surface area contributed by atoms with E-state index in [4.69, 9.17) is 37.0 Å². The summed E-state index contributed by atoms with van der Waals surface area (Å²) in [6, 6.07) is 6.75. The second-order valence-electron chi connectivity index (χ2n) is 5.79. The van der Waals surface area contributed by atoms with E-state index in [-0.39, 0.29) is 19.8 Å². The first-order valence-corrected chi connectivity index (χ1v) is 10.0. The molecular weight excluding hydrogens is 374 g/mol. The maximum atomic E-state index is 12.6. The minimum atomic E-state index is -3.31. The summed E-state index contributed by atoms with van der Waals surface area (Å²) in [6.07, 6.45) is 0.382. The smallest absolute Gasteiger partial charge is 0.361 e. The molecule has 1 aliphatic carbocycles. The lowest BCUT2D eigenvalue weighted by molar-refractivity contribution is -0.150. The van der Waals surface area contributed by atoms with E-state index in [1.165, 1.54) is 0 Å². The molecule has 0 radical (unpaired) electrons. The predicted octanol–water partition coefficient (Wildman–Crippen LogP) is 4.21. The van der Waals surface area contributed by atoms with E-state index >= 15 is 0 Å². The number of ether oxygens (including phenoxy) is 1. The van der Waals surface area contributed by atoms with E-state index in [2.05, 4.69) is 0 Å². The summed E-state index contributed by atoms with van der Waals surface area (Å²) in [5.74, 6) is -0.425. The molecule has 0 bridgehead atoms.